The summed E-state index contributed by atoms with van der Waals surface area (Å²) in [5.74, 6) is 1.18. The highest BCUT2D eigenvalue weighted by molar-refractivity contribution is 7.07. The van der Waals surface area contributed by atoms with Crippen LogP contribution in [-0.4, -0.2) is 6.54 Å². The van der Waals surface area contributed by atoms with Gasteiger partial charge in [-0.25, -0.2) is 0 Å². The number of hydrogen-bond acceptors (Lipinski definition) is 2. The van der Waals surface area contributed by atoms with Crippen molar-refractivity contribution in [1.29, 1.82) is 0 Å². The van der Waals surface area contributed by atoms with Crippen molar-refractivity contribution >= 4 is 11.3 Å². The van der Waals surface area contributed by atoms with Crippen molar-refractivity contribution in [3.05, 3.63) is 58.3 Å². The molecular weight excluding hydrogens is 262 g/mol. The summed E-state index contributed by atoms with van der Waals surface area (Å²) < 4.78 is 0. The molecule has 0 amide bonds. The largest absolute Gasteiger partial charge is 0.310 e. The van der Waals surface area contributed by atoms with E-state index < -0.39 is 0 Å². The van der Waals surface area contributed by atoms with Crippen molar-refractivity contribution in [2.45, 2.75) is 39.2 Å². The molecule has 0 aliphatic heterocycles. The quantitative estimate of drug-likeness (QED) is 0.735. The molecule has 1 N–H and O–H groups in total. The Hall–Kier alpha value is -1.12. The topological polar surface area (TPSA) is 12.0 Å². The monoisotopic (exact) mass is 287 g/mol. The second kappa shape index (κ2) is 7.61. The zero-order valence-electron chi connectivity index (χ0n) is 12.7. The smallest absolute Gasteiger partial charge is 0.0400 e. The summed E-state index contributed by atoms with van der Waals surface area (Å²) in [6.07, 6.45) is 1.20. The Kier molecular flexibility index (Phi) is 5.81. The Labute approximate surface area is 127 Å². The Balaban J connectivity index is 2.37. The SMILES string of the molecule is CCNC(c1ccsc1)C(c1ccccc1)C(C)CC. The van der Waals surface area contributed by atoms with Gasteiger partial charge in [0.05, 0.1) is 0 Å². The van der Waals surface area contributed by atoms with E-state index in [9.17, 15) is 0 Å². The van der Waals surface area contributed by atoms with Gasteiger partial charge in [-0.05, 0) is 40.4 Å². The van der Waals surface area contributed by atoms with Crippen molar-refractivity contribution in [1.82, 2.24) is 5.32 Å². The summed E-state index contributed by atoms with van der Waals surface area (Å²) in [5, 5.41) is 8.17. The molecule has 0 saturated carbocycles. The van der Waals surface area contributed by atoms with Crippen LogP contribution in [-0.2, 0) is 0 Å². The highest BCUT2D eigenvalue weighted by Crippen LogP contribution is 2.38. The molecule has 2 heteroatoms. The lowest BCUT2D eigenvalue weighted by Gasteiger charge is -2.32. The van der Waals surface area contributed by atoms with Crippen LogP contribution >= 0.6 is 11.3 Å². The van der Waals surface area contributed by atoms with E-state index in [1.807, 2.05) is 0 Å². The van der Waals surface area contributed by atoms with Gasteiger partial charge in [0, 0.05) is 12.0 Å². The van der Waals surface area contributed by atoms with E-state index in [2.05, 4.69) is 73.2 Å². The molecule has 0 aliphatic rings. The highest BCUT2D eigenvalue weighted by Gasteiger charge is 2.28. The standard InChI is InChI=1S/C18H25NS/c1-4-14(3)17(15-9-7-6-8-10-15)18(19-5-2)16-11-12-20-13-16/h6-14,17-19H,4-5H2,1-3H3. The molecule has 0 aliphatic carbocycles. The molecule has 1 nitrogen and oxygen atoms in total. The molecule has 1 heterocycles. The fraction of sp³-hybridized carbons (Fsp3) is 0.444. The third-order valence-corrected chi connectivity index (χ3v) is 4.83. The minimum absolute atomic E-state index is 0.406. The summed E-state index contributed by atoms with van der Waals surface area (Å²) in [7, 11) is 0. The average molecular weight is 287 g/mol. The number of nitrogens with one attached hydrogen (secondary N) is 1. The predicted molar refractivity (Wildman–Crippen MR) is 89.4 cm³/mol. The van der Waals surface area contributed by atoms with Gasteiger partial charge >= 0.3 is 0 Å². The van der Waals surface area contributed by atoms with Crippen LogP contribution in [0.1, 0.15) is 50.3 Å². The van der Waals surface area contributed by atoms with Crippen LogP contribution in [0.3, 0.4) is 0 Å². The molecule has 3 atom stereocenters. The number of hydrogen-bond donors (Lipinski definition) is 1. The first-order chi connectivity index (χ1) is 9.77. The van der Waals surface area contributed by atoms with Crippen LogP contribution in [0.25, 0.3) is 0 Å². The average Bonchev–Trinajstić information content (AvgIpc) is 3.01. The molecular formula is C18H25NS. The first kappa shape index (κ1) is 15.3. The summed E-state index contributed by atoms with van der Waals surface area (Å²) in [5.41, 5.74) is 2.87. The van der Waals surface area contributed by atoms with Crippen LogP contribution in [0.2, 0.25) is 0 Å². The Morgan fingerprint density at radius 3 is 2.35 bits per heavy atom. The molecule has 0 spiro atoms. The molecule has 1 aromatic carbocycles. The van der Waals surface area contributed by atoms with Gasteiger partial charge in [-0.1, -0.05) is 57.5 Å². The normalized spacial score (nSPS) is 15.8. The number of thiophene rings is 1. The van der Waals surface area contributed by atoms with Gasteiger partial charge < -0.3 is 5.32 Å². The van der Waals surface area contributed by atoms with Crippen molar-refractivity contribution in [3.63, 3.8) is 0 Å². The molecule has 20 heavy (non-hydrogen) atoms. The molecule has 1 aromatic heterocycles. The first-order valence-electron chi connectivity index (χ1n) is 7.58. The Morgan fingerprint density at radius 1 is 1.05 bits per heavy atom. The van der Waals surface area contributed by atoms with E-state index in [1.165, 1.54) is 17.5 Å². The van der Waals surface area contributed by atoms with E-state index in [1.54, 1.807) is 11.3 Å². The van der Waals surface area contributed by atoms with Crippen LogP contribution in [0.15, 0.2) is 47.2 Å². The summed E-state index contributed by atoms with van der Waals surface area (Å²) in [6, 6.07) is 13.6. The maximum Gasteiger partial charge on any atom is 0.0400 e. The van der Waals surface area contributed by atoms with Crippen LogP contribution in [0.5, 0.6) is 0 Å². The lowest BCUT2D eigenvalue weighted by atomic mass is 9.78. The number of likely N-dealkylation sites (N-methyl/N-ethyl adjacent to an activating group) is 1. The van der Waals surface area contributed by atoms with E-state index in [0.29, 0.717) is 17.9 Å². The van der Waals surface area contributed by atoms with Crippen LogP contribution in [0, 0.1) is 5.92 Å². The third-order valence-electron chi connectivity index (χ3n) is 4.13. The zero-order valence-corrected chi connectivity index (χ0v) is 13.5. The number of benzene rings is 1. The minimum atomic E-state index is 0.406. The van der Waals surface area contributed by atoms with Gasteiger partial charge in [-0.2, -0.15) is 11.3 Å². The van der Waals surface area contributed by atoms with E-state index in [4.69, 9.17) is 0 Å². The van der Waals surface area contributed by atoms with Gasteiger partial charge in [0.25, 0.3) is 0 Å². The highest BCUT2D eigenvalue weighted by atomic mass is 32.1. The van der Waals surface area contributed by atoms with Gasteiger partial charge in [0.1, 0.15) is 0 Å². The predicted octanol–water partition coefficient (Wildman–Crippen LogP) is 5.23. The van der Waals surface area contributed by atoms with Gasteiger partial charge in [0.2, 0.25) is 0 Å². The molecule has 0 radical (unpaired) electrons. The Morgan fingerprint density at radius 2 is 1.80 bits per heavy atom. The van der Waals surface area contributed by atoms with Crippen molar-refractivity contribution < 1.29 is 0 Å². The second-order valence-corrected chi connectivity index (χ2v) is 6.19. The fourth-order valence-electron chi connectivity index (χ4n) is 2.90. The van der Waals surface area contributed by atoms with E-state index >= 15 is 0 Å². The minimum Gasteiger partial charge on any atom is -0.310 e. The van der Waals surface area contributed by atoms with E-state index in [-0.39, 0.29) is 0 Å². The molecule has 0 bridgehead atoms. The van der Waals surface area contributed by atoms with Crippen LogP contribution < -0.4 is 5.32 Å². The number of rotatable bonds is 7. The molecule has 3 unspecified atom stereocenters. The fourth-order valence-corrected chi connectivity index (χ4v) is 3.60. The van der Waals surface area contributed by atoms with Crippen molar-refractivity contribution in [2.75, 3.05) is 6.54 Å². The van der Waals surface area contributed by atoms with Crippen molar-refractivity contribution in [3.8, 4) is 0 Å². The Bertz CT molecular complexity index is 477. The summed E-state index contributed by atoms with van der Waals surface area (Å²) in [4.78, 5) is 0. The van der Waals surface area contributed by atoms with Gasteiger partial charge in [0.15, 0.2) is 0 Å². The lowest BCUT2D eigenvalue weighted by Crippen LogP contribution is -2.30. The van der Waals surface area contributed by atoms with Gasteiger partial charge in [-0.3, -0.25) is 0 Å². The zero-order chi connectivity index (χ0) is 14.4. The van der Waals surface area contributed by atoms with E-state index in [0.717, 1.165) is 6.54 Å². The first-order valence-corrected chi connectivity index (χ1v) is 8.52. The molecule has 0 fully saturated rings. The molecule has 2 rings (SSSR count). The molecule has 2 aromatic rings. The molecule has 0 saturated heterocycles. The van der Waals surface area contributed by atoms with Crippen LogP contribution in [0.4, 0.5) is 0 Å². The van der Waals surface area contributed by atoms with Gasteiger partial charge in [-0.15, -0.1) is 0 Å². The molecule has 108 valence electrons. The summed E-state index contributed by atoms with van der Waals surface area (Å²) in [6.45, 7) is 7.85. The second-order valence-electron chi connectivity index (χ2n) is 5.41. The maximum atomic E-state index is 3.71. The third kappa shape index (κ3) is 3.50. The lowest BCUT2D eigenvalue weighted by molar-refractivity contribution is 0.344. The van der Waals surface area contributed by atoms with Crippen molar-refractivity contribution in [2.24, 2.45) is 5.92 Å². The maximum absolute atomic E-state index is 3.71. The summed E-state index contributed by atoms with van der Waals surface area (Å²) >= 11 is 1.79.